The van der Waals surface area contributed by atoms with Crippen LogP contribution in [0.4, 0.5) is 0 Å². The maximum atomic E-state index is 12.6. The van der Waals surface area contributed by atoms with Crippen LogP contribution in [0.5, 0.6) is 0 Å². The smallest absolute Gasteiger partial charge is 0.217 e. The number of amides is 3. The Bertz CT molecular complexity index is 1850. The van der Waals surface area contributed by atoms with Gasteiger partial charge in [-0.1, -0.05) is 0 Å². The molecule has 0 saturated carbocycles. The summed E-state index contributed by atoms with van der Waals surface area (Å²) in [4.78, 5) is 36.9. The highest BCUT2D eigenvalue weighted by molar-refractivity contribution is 5.74. The molecule has 0 radical (unpaired) electrons. The van der Waals surface area contributed by atoms with Gasteiger partial charge in [-0.05, 0) is 6.92 Å². The average molecular weight is 1100 g/mol. The second-order valence-electron chi connectivity index (χ2n) is 19.0. The Morgan fingerprint density at radius 3 is 1.35 bits per heavy atom. The predicted molar refractivity (Wildman–Crippen MR) is 233 cm³/mol. The largest absolute Gasteiger partial charge is 0.394 e. The minimum Gasteiger partial charge on any atom is -0.394 e. The third-order valence-corrected chi connectivity index (χ3v) is 13.6. The number of hydrogen-bond acceptors (Lipinski definition) is 30. The van der Waals surface area contributed by atoms with E-state index >= 15 is 0 Å². The van der Waals surface area contributed by atoms with Gasteiger partial charge in [-0.25, -0.2) is 0 Å². The van der Waals surface area contributed by atoms with Gasteiger partial charge in [0.1, 0.15) is 140 Å². The highest BCUT2D eigenvalue weighted by atomic mass is 16.8. The molecule has 75 heavy (non-hydrogen) atoms. The first-order valence-corrected chi connectivity index (χ1v) is 23.9. The standard InChI is InChI=1S/C42H71N3O30/c1-10-22(53)28(59)31(62)40(66-10)75-36-29(60)24(55)15(6-47)69-42(36)73-33-16(7-48)70-38(20(27(33)58)44-12(3)51)65-9-18-25(56)35(21(37(64)67-18)45-13(4)52)74-41-32(63)30(61)34(17(8-49)71-41)72-39-19(43-11(2)50)26(57)23(54)14(5-46)68-39/h10,14-42,46-49,53-64H,5-9H2,1-4H3,(H,43,50)(H,44,51)(H,45,52)/t10-,14+,15+,16+,17+,18+,19+,20+,21+,22+,23+,24-,25-,26+,27+,28+,29-,30+,31-,32+,33+,34-,35+,36+,37-,38+,39+,40-,41-,42-/m0/s1. The molecule has 30 atom stereocenters. The van der Waals surface area contributed by atoms with E-state index in [1.54, 1.807) is 0 Å². The zero-order chi connectivity index (χ0) is 55.5. The van der Waals surface area contributed by atoms with E-state index in [2.05, 4.69) is 16.0 Å². The molecule has 6 aliphatic rings. The number of rotatable bonds is 18. The molecule has 6 rings (SSSR count). The van der Waals surface area contributed by atoms with Gasteiger partial charge in [0.05, 0.1) is 39.1 Å². The maximum absolute atomic E-state index is 12.6. The highest BCUT2D eigenvalue weighted by Gasteiger charge is 2.57. The maximum Gasteiger partial charge on any atom is 0.217 e. The number of aliphatic hydroxyl groups is 16. The third-order valence-electron chi connectivity index (χ3n) is 13.6. The lowest BCUT2D eigenvalue weighted by molar-refractivity contribution is -0.384. The third kappa shape index (κ3) is 13.7. The van der Waals surface area contributed by atoms with E-state index in [1.165, 1.54) is 6.92 Å². The van der Waals surface area contributed by atoms with Crippen LogP contribution in [0, 0.1) is 0 Å². The predicted octanol–water partition coefficient (Wildman–Crippen LogP) is -12.6. The lowest BCUT2D eigenvalue weighted by Crippen LogP contribution is -2.70. The molecular formula is C42H71N3O30. The molecule has 19 N–H and O–H groups in total. The van der Waals surface area contributed by atoms with Crippen molar-refractivity contribution in [2.45, 2.75) is 212 Å². The first-order chi connectivity index (χ1) is 35.4. The van der Waals surface area contributed by atoms with Crippen molar-refractivity contribution in [3.8, 4) is 0 Å². The van der Waals surface area contributed by atoms with E-state index in [9.17, 15) is 96.1 Å². The number of hydrogen-bond donors (Lipinski definition) is 19. The lowest BCUT2D eigenvalue weighted by Gasteiger charge is -2.49. The fourth-order valence-electron chi connectivity index (χ4n) is 9.55. The van der Waals surface area contributed by atoms with Gasteiger partial charge >= 0.3 is 0 Å². The van der Waals surface area contributed by atoms with Gasteiger partial charge in [-0.2, -0.15) is 0 Å². The zero-order valence-electron chi connectivity index (χ0n) is 40.7. The molecule has 0 bridgehead atoms. The molecule has 33 heteroatoms. The van der Waals surface area contributed by atoms with Crippen LogP contribution in [-0.4, -0.2) is 317 Å². The second kappa shape index (κ2) is 26.5. The quantitative estimate of drug-likeness (QED) is 0.0606. The Labute approximate surface area is 426 Å². The Kier molecular flexibility index (Phi) is 21.8. The van der Waals surface area contributed by atoms with E-state index in [1.807, 2.05) is 0 Å². The van der Waals surface area contributed by atoms with Gasteiger partial charge in [0, 0.05) is 20.8 Å². The van der Waals surface area contributed by atoms with Crippen LogP contribution in [0.2, 0.25) is 0 Å². The fraction of sp³-hybridized carbons (Fsp3) is 0.929. The van der Waals surface area contributed by atoms with Crippen LogP contribution in [0.1, 0.15) is 27.7 Å². The van der Waals surface area contributed by atoms with E-state index in [0.717, 1.165) is 20.8 Å². The molecule has 0 aromatic carbocycles. The van der Waals surface area contributed by atoms with E-state index < -0.39 is 235 Å². The number of aliphatic hydroxyl groups excluding tert-OH is 16. The van der Waals surface area contributed by atoms with Gasteiger partial charge in [-0.3, -0.25) is 14.4 Å². The van der Waals surface area contributed by atoms with Gasteiger partial charge in [-0.15, -0.1) is 0 Å². The molecule has 0 spiro atoms. The van der Waals surface area contributed by atoms with Crippen molar-refractivity contribution in [2.24, 2.45) is 0 Å². The van der Waals surface area contributed by atoms with Gasteiger partial charge < -0.3 is 150 Å². The SMILES string of the molecule is CC(=O)N[C@@H]1[C@@H](O[C@@H]2O[C@H](CO)[C@H](O[C@H]3O[C@H](CO)[C@@H](O)[C@H](O)[C@H]3NC(C)=O)[C@H](O)[C@H]2O)[C@@H](O)[C@@H](CO[C@@H]2O[C@H](CO)[C@@H](O[C@@H]3O[C@H](CO)[C@H](O)[C@H](O)[C@H]3O[C@@H]3O[C@@H](C)[C@@H](O)[C@@H](O)[C@@H]3O)[C@H](O)[C@H]2NC(C)=O)O[C@@H]1O. The summed E-state index contributed by atoms with van der Waals surface area (Å²) < 4.78 is 63.3. The molecule has 33 nitrogen and oxygen atoms in total. The van der Waals surface area contributed by atoms with Crippen LogP contribution in [0.25, 0.3) is 0 Å². The van der Waals surface area contributed by atoms with E-state index in [-0.39, 0.29) is 0 Å². The van der Waals surface area contributed by atoms with Crippen molar-refractivity contribution in [1.29, 1.82) is 0 Å². The zero-order valence-corrected chi connectivity index (χ0v) is 40.7. The first kappa shape index (κ1) is 61.5. The van der Waals surface area contributed by atoms with Crippen molar-refractivity contribution < 1.29 is 148 Å². The summed E-state index contributed by atoms with van der Waals surface area (Å²) in [5.74, 6) is -2.31. The first-order valence-electron chi connectivity index (χ1n) is 23.9. The number of ether oxygens (including phenoxy) is 11. The van der Waals surface area contributed by atoms with Crippen molar-refractivity contribution in [2.75, 3.05) is 33.0 Å². The molecule has 6 aliphatic heterocycles. The molecule has 6 heterocycles. The van der Waals surface area contributed by atoms with Crippen LogP contribution in [0.3, 0.4) is 0 Å². The molecule has 6 fully saturated rings. The Morgan fingerprint density at radius 2 is 0.787 bits per heavy atom. The minimum absolute atomic E-state index is 0.720. The van der Waals surface area contributed by atoms with Crippen molar-refractivity contribution in [3.05, 3.63) is 0 Å². The highest BCUT2D eigenvalue weighted by Crippen LogP contribution is 2.36. The summed E-state index contributed by atoms with van der Waals surface area (Å²) in [6.45, 7) is -0.0948. The fourth-order valence-corrected chi connectivity index (χ4v) is 9.55. The Morgan fingerprint density at radius 1 is 0.373 bits per heavy atom. The summed E-state index contributed by atoms with van der Waals surface area (Å²) in [6, 6.07) is -4.87. The Hall–Kier alpha value is -2.67. The molecule has 0 aromatic rings. The van der Waals surface area contributed by atoms with E-state index in [4.69, 9.17) is 52.1 Å². The summed E-state index contributed by atoms with van der Waals surface area (Å²) >= 11 is 0. The molecule has 0 unspecified atom stereocenters. The monoisotopic (exact) mass is 1100 g/mol. The van der Waals surface area contributed by atoms with Crippen LogP contribution in [0.15, 0.2) is 0 Å². The topological polar surface area (TPSA) is 513 Å². The molecule has 0 aromatic heterocycles. The lowest BCUT2D eigenvalue weighted by atomic mass is 9.94. The number of carbonyl (C=O) groups excluding carboxylic acids is 3. The normalized spacial score (nSPS) is 48.6. The van der Waals surface area contributed by atoms with Crippen molar-refractivity contribution in [3.63, 3.8) is 0 Å². The van der Waals surface area contributed by atoms with Gasteiger partial charge in [0.15, 0.2) is 37.7 Å². The van der Waals surface area contributed by atoms with Gasteiger partial charge in [0.2, 0.25) is 17.7 Å². The summed E-state index contributed by atoms with van der Waals surface area (Å²) in [5.41, 5.74) is 0. The van der Waals surface area contributed by atoms with Crippen LogP contribution in [-0.2, 0) is 66.5 Å². The Balaban J connectivity index is 1.18. The van der Waals surface area contributed by atoms with E-state index in [0.29, 0.717) is 0 Å². The van der Waals surface area contributed by atoms with Crippen LogP contribution < -0.4 is 16.0 Å². The number of carbonyl (C=O) groups is 3. The average Bonchev–Trinajstić information content (AvgIpc) is 3.36. The van der Waals surface area contributed by atoms with Crippen LogP contribution >= 0.6 is 0 Å². The molecule has 434 valence electrons. The van der Waals surface area contributed by atoms with Crippen molar-refractivity contribution >= 4 is 17.7 Å². The number of nitrogens with one attached hydrogen (secondary N) is 3. The molecule has 6 saturated heterocycles. The van der Waals surface area contributed by atoms with Crippen molar-refractivity contribution in [1.82, 2.24) is 16.0 Å². The molecular weight excluding hydrogens is 1030 g/mol. The molecule has 3 amide bonds. The minimum atomic E-state index is -2.16. The van der Waals surface area contributed by atoms with Gasteiger partial charge in [0.25, 0.3) is 0 Å². The second-order valence-corrected chi connectivity index (χ2v) is 19.0. The summed E-state index contributed by atoms with van der Waals surface area (Å²) in [6.07, 6.45) is -48.7. The summed E-state index contributed by atoms with van der Waals surface area (Å²) in [5, 5.41) is 179. The summed E-state index contributed by atoms with van der Waals surface area (Å²) in [7, 11) is 0. The molecule has 0 aliphatic carbocycles.